The Balaban J connectivity index is 1.53. The van der Waals surface area contributed by atoms with Crippen LogP contribution in [0.15, 0.2) is 54.6 Å². The molecule has 166 valence electrons. The van der Waals surface area contributed by atoms with Gasteiger partial charge in [-0.3, -0.25) is 14.8 Å². The molecule has 1 fully saturated rings. The first kappa shape index (κ1) is 23.2. The highest BCUT2D eigenvalue weighted by atomic mass is 16.5. The molecule has 0 spiro atoms. The summed E-state index contributed by atoms with van der Waals surface area (Å²) < 4.78 is 0. The average Bonchev–Trinajstić information content (AvgIpc) is 3.64. The van der Waals surface area contributed by atoms with Crippen molar-refractivity contribution in [2.45, 2.75) is 44.5 Å². The molecule has 0 saturated heterocycles. The number of hydrogen-bond donors (Lipinski definition) is 5. The van der Waals surface area contributed by atoms with Crippen LogP contribution in [0.3, 0.4) is 0 Å². The van der Waals surface area contributed by atoms with E-state index in [9.17, 15) is 14.7 Å². The lowest BCUT2D eigenvalue weighted by atomic mass is 10.1. The number of benzene rings is 2. The molecule has 0 aromatic heterocycles. The van der Waals surface area contributed by atoms with Gasteiger partial charge in [0.25, 0.3) is 11.8 Å². The maximum Gasteiger partial charge on any atom is 0.268 e. The van der Waals surface area contributed by atoms with Gasteiger partial charge in [0.1, 0.15) is 6.04 Å². The van der Waals surface area contributed by atoms with E-state index < -0.39 is 24.0 Å². The van der Waals surface area contributed by atoms with E-state index in [0.717, 1.165) is 17.7 Å². The molecule has 7 heteroatoms. The minimum atomic E-state index is -1.26. The molecule has 2 aromatic carbocycles. The van der Waals surface area contributed by atoms with Crippen molar-refractivity contribution >= 4 is 17.9 Å². The van der Waals surface area contributed by atoms with Crippen molar-refractivity contribution in [1.29, 1.82) is 0 Å². The Hall–Kier alpha value is -3.44. The minimum Gasteiger partial charge on any atom is -0.391 e. The number of hydrogen-bond acceptors (Lipinski definition) is 5. The largest absolute Gasteiger partial charge is 0.391 e. The van der Waals surface area contributed by atoms with Crippen LogP contribution in [0, 0.1) is 11.8 Å². The molecule has 3 rings (SSSR count). The first-order chi connectivity index (χ1) is 15.5. The van der Waals surface area contributed by atoms with Gasteiger partial charge in [0, 0.05) is 23.7 Å². The fraction of sp³-hybridized carbons (Fsp3) is 0.280. The molecule has 7 nitrogen and oxygen atoms in total. The normalized spacial score (nSPS) is 14.8. The van der Waals surface area contributed by atoms with Crippen molar-refractivity contribution in [3.63, 3.8) is 0 Å². The second-order valence-electron chi connectivity index (χ2n) is 7.74. The lowest BCUT2D eigenvalue weighted by molar-refractivity contribution is -0.133. The van der Waals surface area contributed by atoms with E-state index >= 15 is 0 Å². The van der Waals surface area contributed by atoms with Crippen LogP contribution in [-0.2, 0) is 11.3 Å². The van der Waals surface area contributed by atoms with Gasteiger partial charge >= 0.3 is 0 Å². The van der Waals surface area contributed by atoms with Crippen LogP contribution in [0.5, 0.6) is 0 Å². The molecule has 0 aliphatic heterocycles. The Labute approximate surface area is 187 Å². The summed E-state index contributed by atoms with van der Waals surface area (Å²) in [5, 5.41) is 24.2. The van der Waals surface area contributed by atoms with Crippen LogP contribution >= 0.6 is 0 Å². The molecule has 0 unspecified atom stereocenters. The quantitative estimate of drug-likeness (QED) is 0.248. The van der Waals surface area contributed by atoms with Gasteiger partial charge in [-0.15, -0.1) is 0 Å². The standard InChI is InChI=1S/C25H27N3O4/c1-17(29)23(25(31)28-32)27-24(30)21-12-10-19(11-13-21)5-3-2-4-18-6-8-20(9-7-18)16-26-22-14-15-22/h3,5-13,17,22-23,26,29,32H,14-16H2,1H3,(H,27,30)(H,28,31)/b5-3+/t17-,23+/m1/s1. The fourth-order valence-electron chi connectivity index (χ4n) is 2.96. The van der Waals surface area contributed by atoms with Gasteiger partial charge in [0.15, 0.2) is 0 Å². The van der Waals surface area contributed by atoms with E-state index in [1.807, 2.05) is 18.2 Å². The van der Waals surface area contributed by atoms with E-state index in [0.29, 0.717) is 11.6 Å². The van der Waals surface area contributed by atoms with Crippen LogP contribution in [-0.4, -0.2) is 40.3 Å². The molecule has 0 heterocycles. The van der Waals surface area contributed by atoms with E-state index in [2.05, 4.69) is 34.6 Å². The summed E-state index contributed by atoms with van der Waals surface area (Å²) in [5.41, 5.74) is 4.80. The van der Waals surface area contributed by atoms with Crippen LogP contribution in [0.2, 0.25) is 0 Å². The van der Waals surface area contributed by atoms with Crippen molar-refractivity contribution in [3.8, 4) is 11.8 Å². The van der Waals surface area contributed by atoms with Crippen LogP contribution in [0.25, 0.3) is 6.08 Å². The molecule has 0 radical (unpaired) electrons. The van der Waals surface area contributed by atoms with Crippen molar-refractivity contribution in [2.24, 2.45) is 0 Å². The van der Waals surface area contributed by atoms with Gasteiger partial charge in [-0.2, -0.15) is 0 Å². The number of amides is 2. The van der Waals surface area contributed by atoms with E-state index in [1.54, 1.807) is 30.3 Å². The van der Waals surface area contributed by atoms with Crippen molar-refractivity contribution in [1.82, 2.24) is 16.1 Å². The third-order valence-corrected chi connectivity index (χ3v) is 5.04. The first-order valence-corrected chi connectivity index (χ1v) is 10.5. The highest BCUT2D eigenvalue weighted by Gasteiger charge is 2.25. The summed E-state index contributed by atoms with van der Waals surface area (Å²) >= 11 is 0. The number of carbonyl (C=O) groups excluding carboxylic acids is 2. The summed E-state index contributed by atoms with van der Waals surface area (Å²) in [5.74, 6) is 4.67. The molecule has 2 aromatic rings. The van der Waals surface area contributed by atoms with Gasteiger partial charge in [0.2, 0.25) is 0 Å². The Morgan fingerprint density at radius 3 is 2.41 bits per heavy atom. The number of hydroxylamine groups is 1. The van der Waals surface area contributed by atoms with Gasteiger partial charge in [-0.1, -0.05) is 36.1 Å². The van der Waals surface area contributed by atoms with Crippen LogP contribution < -0.4 is 16.1 Å². The Morgan fingerprint density at radius 2 is 1.81 bits per heavy atom. The molecule has 32 heavy (non-hydrogen) atoms. The number of carbonyl (C=O) groups is 2. The smallest absolute Gasteiger partial charge is 0.268 e. The van der Waals surface area contributed by atoms with Gasteiger partial charge in [-0.25, -0.2) is 5.48 Å². The summed E-state index contributed by atoms with van der Waals surface area (Å²) in [6.07, 6.45) is 4.96. The second kappa shape index (κ2) is 11.3. The second-order valence-corrected chi connectivity index (χ2v) is 7.74. The van der Waals surface area contributed by atoms with E-state index in [4.69, 9.17) is 5.21 Å². The summed E-state index contributed by atoms with van der Waals surface area (Å²) in [6.45, 7) is 2.23. The molecular weight excluding hydrogens is 406 g/mol. The highest BCUT2D eigenvalue weighted by molar-refractivity contribution is 5.97. The Bertz CT molecular complexity index is 1010. The molecule has 2 atom stereocenters. The monoisotopic (exact) mass is 433 g/mol. The van der Waals surface area contributed by atoms with Crippen molar-refractivity contribution in [3.05, 3.63) is 76.9 Å². The molecule has 5 N–H and O–H groups in total. The number of allylic oxidation sites excluding steroid dienone is 1. The third kappa shape index (κ3) is 7.06. The van der Waals surface area contributed by atoms with Crippen LogP contribution in [0.4, 0.5) is 0 Å². The molecule has 1 aliphatic carbocycles. The molecule has 1 saturated carbocycles. The maximum atomic E-state index is 12.3. The molecular formula is C25H27N3O4. The highest BCUT2D eigenvalue weighted by Crippen LogP contribution is 2.19. The lowest BCUT2D eigenvalue weighted by Crippen LogP contribution is -2.51. The Kier molecular flexibility index (Phi) is 8.17. The van der Waals surface area contributed by atoms with Crippen molar-refractivity contribution in [2.75, 3.05) is 0 Å². The zero-order valence-electron chi connectivity index (χ0n) is 17.8. The number of aliphatic hydroxyl groups is 1. The fourth-order valence-corrected chi connectivity index (χ4v) is 2.96. The van der Waals surface area contributed by atoms with E-state index in [-0.39, 0.29) is 0 Å². The molecule has 2 amide bonds. The van der Waals surface area contributed by atoms with Gasteiger partial charge in [-0.05, 0) is 67.3 Å². The summed E-state index contributed by atoms with van der Waals surface area (Å²) in [7, 11) is 0. The average molecular weight is 434 g/mol. The minimum absolute atomic E-state index is 0.320. The molecule has 1 aliphatic rings. The van der Waals surface area contributed by atoms with E-state index in [1.165, 1.54) is 30.8 Å². The van der Waals surface area contributed by atoms with Crippen molar-refractivity contribution < 1.29 is 19.9 Å². The maximum absolute atomic E-state index is 12.3. The zero-order valence-corrected chi connectivity index (χ0v) is 17.8. The predicted octanol–water partition coefficient (Wildman–Crippen LogP) is 1.99. The number of rotatable bonds is 8. The lowest BCUT2D eigenvalue weighted by Gasteiger charge is -2.19. The van der Waals surface area contributed by atoms with Gasteiger partial charge < -0.3 is 15.7 Å². The van der Waals surface area contributed by atoms with Gasteiger partial charge in [0.05, 0.1) is 6.10 Å². The Morgan fingerprint density at radius 1 is 1.12 bits per heavy atom. The third-order valence-electron chi connectivity index (χ3n) is 5.04. The molecule has 0 bridgehead atoms. The predicted molar refractivity (Wildman–Crippen MR) is 122 cm³/mol. The zero-order chi connectivity index (χ0) is 22.9. The number of nitrogens with one attached hydrogen (secondary N) is 3. The topological polar surface area (TPSA) is 111 Å². The van der Waals surface area contributed by atoms with Crippen LogP contribution in [0.1, 0.15) is 46.8 Å². The SMILES string of the molecule is C[C@@H](O)[C@H](NC(=O)c1ccc(/C=C/C#Cc2ccc(CNC3CC3)cc2)cc1)C(=O)NO. The summed E-state index contributed by atoms with van der Waals surface area (Å²) in [4.78, 5) is 23.8. The first-order valence-electron chi connectivity index (χ1n) is 10.5. The number of aliphatic hydroxyl groups excluding tert-OH is 1. The summed E-state index contributed by atoms with van der Waals surface area (Å²) in [6, 6.07) is 14.3.